The lowest BCUT2D eigenvalue weighted by Gasteiger charge is -2.37. The SMILES string of the molecule is CC(C)CCN1CCC(CC(C)(C)CCN2CCOCC2)CC1. The number of ether oxygens (including phenoxy) is 1. The van der Waals surface area contributed by atoms with Gasteiger partial charge < -0.3 is 9.64 Å². The summed E-state index contributed by atoms with van der Waals surface area (Å²) in [4.78, 5) is 5.27. The Labute approximate surface area is 144 Å². The number of piperidine rings is 1. The average Bonchev–Trinajstić information content (AvgIpc) is 2.53. The molecule has 0 amide bonds. The third kappa shape index (κ3) is 7.53. The van der Waals surface area contributed by atoms with Crippen LogP contribution in [0.3, 0.4) is 0 Å². The maximum Gasteiger partial charge on any atom is 0.0594 e. The smallest absolute Gasteiger partial charge is 0.0594 e. The van der Waals surface area contributed by atoms with Gasteiger partial charge in [-0.05, 0) is 75.5 Å². The lowest BCUT2D eigenvalue weighted by Crippen LogP contribution is -2.39. The van der Waals surface area contributed by atoms with Crippen LogP contribution in [0.15, 0.2) is 0 Å². The Hall–Kier alpha value is -0.120. The Morgan fingerprint density at radius 3 is 2.17 bits per heavy atom. The highest BCUT2D eigenvalue weighted by atomic mass is 16.5. The fourth-order valence-electron chi connectivity index (χ4n) is 4.02. The van der Waals surface area contributed by atoms with Crippen molar-refractivity contribution in [2.75, 3.05) is 52.5 Å². The minimum atomic E-state index is 0.489. The van der Waals surface area contributed by atoms with E-state index in [4.69, 9.17) is 4.74 Å². The number of morpholine rings is 1. The van der Waals surface area contributed by atoms with Crippen molar-refractivity contribution < 1.29 is 4.74 Å². The van der Waals surface area contributed by atoms with Crippen LogP contribution in [-0.2, 0) is 4.74 Å². The second kappa shape index (κ2) is 9.39. The van der Waals surface area contributed by atoms with Crippen LogP contribution in [0.4, 0.5) is 0 Å². The van der Waals surface area contributed by atoms with E-state index in [0.29, 0.717) is 5.41 Å². The molecule has 0 saturated carbocycles. The third-order valence-corrected chi connectivity index (χ3v) is 5.78. The fraction of sp³-hybridized carbons (Fsp3) is 1.00. The van der Waals surface area contributed by atoms with E-state index >= 15 is 0 Å². The fourth-order valence-corrected chi connectivity index (χ4v) is 4.02. The molecule has 2 aliphatic heterocycles. The molecule has 0 aromatic carbocycles. The summed E-state index contributed by atoms with van der Waals surface area (Å²) >= 11 is 0. The monoisotopic (exact) mass is 324 g/mol. The number of rotatable bonds is 8. The predicted molar refractivity (Wildman–Crippen MR) is 98.9 cm³/mol. The topological polar surface area (TPSA) is 15.7 Å². The van der Waals surface area contributed by atoms with Gasteiger partial charge >= 0.3 is 0 Å². The van der Waals surface area contributed by atoms with Gasteiger partial charge in [-0.3, -0.25) is 4.90 Å². The summed E-state index contributed by atoms with van der Waals surface area (Å²) in [6, 6.07) is 0. The first-order valence-electron chi connectivity index (χ1n) is 9.97. The first-order valence-corrected chi connectivity index (χ1v) is 9.97. The van der Waals surface area contributed by atoms with E-state index in [0.717, 1.165) is 38.1 Å². The minimum absolute atomic E-state index is 0.489. The van der Waals surface area contributed by atoms with E-state index in [1.54, 1.807) is 0 Å². The van der Waals surface area contributed by atoms with Gasteiger partial charge in [-0.15, -0.1) is 0 Å². The summed E-state index contributed by atoms with van der Waals surface area (Å²) in [5.74, 6) is 1.79. The van der Waals surface area contributed by atoms with Crippen LogP contribution in [0.25, 0.3) is 0 Å². The molecule has 3 heteroatoms. The molecule has 2 saturated heterocycles. The molecule has 0 aromatic heterocycles. The van der Waals surface area contributed by atoms with Gasteiger partial charge in [0.1, 0.15) is 0 Å². The van der Waals surface area contributed by atoms with E-state index in [2.05, 4.69) is 37.5 Å². The van der Waals surface area contributed by atoms with E-state index < -0.39 is 0 Å². The zero-order valence-electron chi connectivity index (χ0n) is 16.1. The Balaban J connectivity index is 1.63. The van der Waals surface area contributed by atoms with E-state index in [-0.39, 0.29) is 0 Å². The maximum absolute atomic E-state index is 5.45. The number of nitrogens with zero attached hydrogens (tertiary/aromatic N) is 2. The minimum Gasteiger partial charge on any atom is -0.379 e. The molecule has 2 rings (SSSR count). The van der Waals surface area contributed by atoms with Crippen molar-refractivity contribution in [2.24, 2.45) is 17.3 Å². The molecular formula is C20H40N2O. The van der Waals surface area contributed by atoms with Crippen LogP contribution in [-0.4, -0.2) is 62.3 Å². The molecule has 0 bridgehead atoms. The molecule has 0 spiro atoms. The summed E-state index contributed by atoms with van der Waals surface area (Å²) in [5, 5.41) is 0. The second-order valence-electron chi connectivity index (χ2n) is 9.04. The van der Waals surface area contributed by atoms with Gasteiger partial charge in [0.25, 0.3) is 0 Å². The van der Waals surface area contributed by atoms with Crippen LogP contribution in [0.2, 0.25) is 0 Å². The largest absolute Gasteiger partial charge is 0.379 e. The predicted octanol–water partition coefficient (Wildman–Crippen LogP) is 3.88. The average molecular weight is 325 g/mol. The van der Waals surface area contributed by atoms with Crippen molar-refractivity contribution in [1.82, 2.24) is 9.80 Å². The van der Waals surface area contributed by atoms with Gasteiger partial charge in [-0.1, -0.05) is 27.7 Å². The highest BCUT2D eigenvalue weighted by Crippen LogP contribution is 2.34. The molecule has 0 radical (unpaired) electrons. The van der Waals surface area contributed by atoms with Crippen molar-refractivity contribution in [1.29, 1.82) is 0 Å². The van der Waals surface area contributed by atoms with Gasteiger partial charge in [-0.25, -0.2) is 0 Å². The summed E-state index contributed by atoms with van der Waals surface area (Å²) in [5.41, 5.74) is 0.489. The second-order valence-corrected chi connectivity index (χ2v) is 9.04. The molecule has 136 valence electrons. The van der Waals surface area contributed by atoms with Crippen molar-refractivity contribution >= 4 is 0 Å². The normalized spacial score (nSPS) is 22.8. The number of hydrogen-bond acceptors (Lipinski definition) is 3. The molecule has 0 unspecified atom stereocenters. The zero-order valence-corrected chi connectivity index (χ0v) is 16.1. The summed E-state index contributed by atoms with van der Waals surface area (Å²) in [6.45, 7) is 19.0. The standard InChI is InChI=1S/C20H40N2O/c1-18(2)5-9-21-10-6-19(7-11-21)17-20(3,4)8-12-22-13-15-23-16-14-22/h18-19H,5-17H2,1-4H3. The molecule has 0 atom stereocenters. The molecule has 0 aliphatic carbocycles. The van der Waals surface area contributed by atoms with Crippen LogP contribution < -0.4 is 0 Å². The molecular weight excluding hydrogens is 284 g/mol. The third-order valence-electron chi connectivity index (χ3n) is 5.78. The van der Waals surface area contributed by atoms with Gasteiger partial charge in [0.2, 0.25) is 0 Å². The van der Waals surface area contributed by atoms with Crippen molar-refractivity contribution in [2.45, 2.75) is 59.8 Å². The van der Waals surface area contributed by atoms with E-state index in [9.17, 15) is 0 Å². The van der Waals surface area contributed by atoms with Gasteiger partial charge in [-0.2, -0.15) is 0 Å². The van der Waals surface area contributed by atoms with Crippen LogP contribution in [0.1, 0.15) is 59.8 Å². The molecule has 2 fully saturated rings. The Kier molecular flexibility index (Phi) is 7.84. The summed E-state index contributed by atoms with van der Waals surface area (Å²) < 4.78 is 5.45. The van der Waals surface area contributed by atoms with Gasteiger partial charge in [0.05, 0.1) is 13.2 Å². The van der Waals surface area contributed by atoms with Gasteiger partial charge in [0.15, 0.2) is 0 Å². The molecule has 3 nitrogen and oxygen atoms in total. The highest BCUT2D eigenvalue weighted by molar-refractivity contribution is 4.80. The van der Waals surface area contributed by atoms with E-state index in [1.165, 1.54) is 58.3 Å². The van der Waals surface area contributed by atoms with Crippen LogP contribution >= 0.6 is 0 Å². The summed E-state index contributed by atoms with van der Waals surface area (Å²) in [7, 11) is 0. The molecule has 2 heterocycles. The van der Waals surface area contributed by atoms with Crippen LogP contribution in [0.5, 0.6) is 0 Å². The lowest BCUT2D eigenvalue weighted by atomic mass is 9.77. The quantitative estimate of drug-likeness (QED) is 0.674. The molecule has 0 N–H and O–H groups in total. The molecule has 2 aliphatic rings. The number of hydrogen-bond donors (Lipinski definition) is 0. The van der Waals surface area contributed by atoms with Crippen molar-refractivity contribution in [3.8, 4) is 0 Å². The summed E-state index contributed by atoms with van der Waals surface area (Å²) in [6.07, 6.45) is 6.93. The lowest BCUT2D eigenvalue weighted by molar-refractivity contribution is 0.0305. The Morgan fingerprint density at radius 2 is 1.57 bits per heavy atom. The van der Waals surface area contributed by atoms with Crippen LogP contribution in [0, 0.1) is 17.3 Å². The first-order chi connectivity index (χ1) is 10.9. The maximum atomic E-state index is 5.45. The highest BCUT2D eigenvalue weighted by Gasteiger charge is 2.27. The van der Waals surface area contributed by atoms with Crippen molar-refractivity contribution in [3.05, 3.63) is 0 Å². The zero-order chi connectivity index (χ0) is 16.7. The van der Waals surface area contributed by atoms with Crippen molar-refractivity contribution in [3.63, 3.8) is 0 Å². The molecule has 0 aromatic rings. The Bertz CT molecular complexity index is 316. The van der Waals surface area contributed by atoms with Gasteiger partial charge in [0, 0.05) is 13.1 Å². The van der Waals surface area contributed by atoms with E-state index in [1.807, 2.05) is 0 Å². The Morgan fingerprint density at radius 1 is 0.957 bits per heavy atom. The first kappa shape index (κ1) is 19.2. The number of likely N-dealkylation sites (tertiary alicyclic amines) is 1. The molecule has 23 heavy (non-hydrogen) atoms.